The highest BCUT2D eigenvalue weighted by atomic mass is 79.9. The smallest absolute Gasteiger partial charge is 0.139 e. The molecule has 2 rings (SSSR count). The largest absolute Gasteiger partial charge is 0.378 e. The molecule has 0 spiro atoms. The third-order valence-corrected chi connectivity index (χ3v) is 4.09. The molecule has 0 fully saturated rings. The van der Waals surface area contributed by atoms with Crippen LogP contribution < -0.4 is 5.32 Å². The molecule has 106 valence electrons. The van der Waals surface area contributed by atoms with Gasteiger partial charge < -0.3 is 5.32 Å². The van der Waals surface area contributed by atoms with Crippen LogP contribution in [0.5, 0.6) is 0 Å². The lowest BCUT2D eigenvalue weighted by molar-refractivity contribution is 0.620. The number of aryl methyl sites for hydroxylation is 2. The molecule has 2 aromatic rings. The summed E-state index contributed by atoms with van der Waals surface area (Å²) in [6.45, 7) is 6.18. The van der Waals surface area contributed by atoms with Gasteiger partial charge in [0.25, 0.3) is 0 Å². The van der Waals surface area contributed by atoms with Crippen LogP contribution in [0.1, 0.15) is 36.1 Å². The van der Waals surface area contributed by atoms with Gasteiger partial charge >= 0.3 is 0 Å². The molecule has 3 heteroatoms. The molecule has 0 amide bonds. The first-order valence-electron chi connectivity index (χ1n) is 6.80. The Labute approximate surface area is 128 Å². The van der Waals surface area contributed by atoms with Crippen molar-refractivity contribution in [2.45, 2.75) is 33.2 Å². The molecule has 1 atom stereocenters. The molecule has 0 saturated heterocycles. The fourth-order valence-corrected chi connectivity index (χ4v) is 2.67. The summed E-state index contributed by atoms with van der Waals surface area (Å²) >= 11 is 3.21. The molecule has 2 aromatic carbocycles. The van der Waals surface area contributed by atoms with E-state index in [4.69, 9.17) is 0 Å². The van der Waals surface area contributed by atoms with Crippen molar-refractivity contribution in [2.75, 3.05) is 5.32 Å². The Hall–Kier alpha value is -1.35. The minimum absolute atomic E-state index is 0.190. The molecule has 0 heterocycles. The highest BCUT2D eigenvalue weighted by Gasteiger charge is 2.12. The zero-order valence-corrected chi connectivity index (χ0v) is 13.6. The maximum atomic E-state index is 13.7. The number of anilines is 1. The van der Waals surface area contributed by atoms with Crippen molar-refractivity contribution < 1.29 is 4.39 Å². The summed E-state index contributed by atoms with van der Waals surface area (Å²) in [5, 5.41) is 3.44. The molecule has 0 aliphatic rings. The lowest BCUT2D eigenvalue weighted by atomic mass is 10.0. The lowest BCUT2D eigenvalue weighted by Crippen LogP contribution is -2.11. The molecule has 20 heavy (non-hydrogen) atoms. The molecule has 0 bridgehead atoms. The number of benzene rings is 2. The summed E-state index contributed by atoms with van der Waals surface area (Å²) < 4.78 is 14.2. The standard InChI is InChI=1S/C17H19BrFN/c1-4-16(13-7-5-11(2)6-8-13)20-17-10-15(19)14(18)9-12(17)3/h5-10,16,20H,4H2,1-3H3. The van der Waals surface area contributed by atoms with Crippen LogP contribution in [-0.4, -0.2) is 0 Å². The summed E-state index contributed by atoms with van der Waals surface area (Å²) in [4.78, 5) is 0. The van der Waals surface area contributed by atoms with Gasteiger partial charge in [0.1, 0.15) is 5.82 Å². The Balaban J connectivity index is 2.26. The van der Waals surface area contributed by atoms with Crippen molar-refractivity contribution >= 4 is 21.6 Å². The van der Waals surface area contributed by atoms with E-state index in [0.29, 0.717) is 4.47 Å². The molecule has 0 aliphatic heterocycles. The van der Waals surface area contributed by atoms with Gasteiger partial charge in [-0.1, -0.05) is 36.8 Å². The van der Waals surface area contributed by atoms with Gasteiger partial charge in [-0.3, -0.25) is 0 Å². The maximum absolute atomic E-state index is 13.7. The second-order valence-corrected chi connectivity index (χ2v) is 5.95. The van der Waals surface area contributed by atoms with E-state index >= 15 is 0 Å². The van der Waals surface area contributed by atoms with Gasteiger partial charge in [0, 0.05) is 5.69 Å². The molecule has 1 nitrogen and oxygen atoms in total. The Bertz CT molecular complexity index is 593. The van der Waals surface area contributed by atoms with Crippen molar-refractivity contribution in [3.8, 4) is 0 Å². The number of nitrogens with one attached hydrogen (secondary N) is 1. The Morgan fingerprint density at radius 3 is 2.40 bits per heavy atom. The van der Waals surface area contributed by atoms with Crippen LogP contribution in [0.3, 0.4) is 0 Å². The Kier molecular flexibility index (Phi) is 4.81. The minimum Gasteiger partial charge on any atom is -0.378 e. The highest BCUT2D eigenvalue weighted by Crippen LogP contribution is 2.28. The fourth-order valence-electron chi connectivity index (χ4n) is 2.21. The summed E-state index contributed by atoms with van der Waals surface area (Å²) in [5.41, 5.74) is 4.34. The Morgan fingerprint density at radius 2 is 1.80 bits per heavy atom. The van der Waals surface area contributed by atoms with Gasteiger partial charge in [0.2, 0.25) is 0 Å². The summed E-state index contributed by atoms with van der Waals surface area (Å²) in [5.74, 6) is -0.239. The average Bonchev–Trinajstić information content (AvgIpc) is 2.42. The van der Waals surface area contributed by atoms with E-state index in [1.807, 2.05) is 6.92 Å². The van der Waals surface area contributed by atoms with Crippen LogP contribution in [0.4, 0.5) is 10.1 Å². The molecule has 0 aliphatic carbocycles. The predicted octanol–water partition coefficient (Wildman–Crippen LogP) is 5.77. The van der Waals surface area contributed by atoms with E-state index in [1.165, 1.54) is 11.1 Å². The van der Waals surface area contributed by atoms with Crippen LogP contribution in [0.25, 0.3) is 0 Å². The highest BCUT2D eigenvalue weighted by molar-refractivity contribution is 9.10. The van der Waals surface area contributed by atoms with E-state index in [1.54, 1.807) is 12.1 Å². The summed E-state index contributed by atoms with van der Waals surface area (Å²) in [7, 11) is 0. The van der Waals surface area contributed by atoms with Crippen LogP contribution in [-0.2, 0) is 0 Å². The summed E-state index contributed by atoms with van der Waals surface area (Å²) in [6.07, 6.45) is 0.945. The molecule has 0 saturated carbocycles. The van der Waals surface area contributed by atoms with Crippen molar-refractivity contribution in [1.82, 2.24) is 0 Å². The van der Waals surface area contributed by atoms with Gasteiger partial charge in [-0.05, 0) is 59.5 Å². The monoisotopic (exact) mass is 335 g/mol. The zero-order chi connectivity index (χ0) is 14.7. The second kappa shape index (κ2) is 6.40. The molecule has 0 aromatic heterocycles. The predicted molar refractivity (Wildman–Crippen MR) is 86.7 cm³/mol. The van der Waals surface area contributed by atoms with Gasteiger partial charge in [0.15, 0.2) is 0 Å². The first-order valence-corrected chi connectivity index (χ1v) is 7.59. The average molecular weight is 336 g/mol. The number of hydrogen-bond acceptors (Lipinski definition) is 1. The van der Waals surface area contributed by atoms with Crippen molar-refractivity contribution in [3.63, 3.8) is 0 Å². The van der Waals surface area contributed by atoms with E-state index in [-0.39, 0.29) is 11.9 Å². The third kappa shape index (κ3) is 3.40. The van der Waals surface area contributed by atoms with Gasteiger partial charge in [-0.15, -0.1) is 0 Å². The fraction of sp³-hybridized carbons (Fsp3) is 0.294. The van der Waals surface area contributed by atoms with Gasteiger partial charge in [-0.25, -0.2) is 4.39 Å². The molecule has 0 radical (unpaired) electrons. The van der Waals surface area contributed by atoms with Crippen LogP contribution >= 0.6 is 15.9 Å². The lowest BCUT2D eigenvalue weighted by Gasteiger charge is -2.21. The maximum Gasteiger partial charge on any atom is 0.139 e. The zero-order valence-electron chi connectivity index (χ0n) is 12.0. The first kappa shape index (κ1) is 15.0. The second-order valence-electron chi connectivity index (χ2n) is 5.10. The van der Waals surface area contributed by atoms with Crippen LogP contribution in [0.15, 0.2) is 40.9 Å². The van der Waals surface area contributed by atoms with E-state index in [9.17, 15) is 4.39 Å². The van der Waals surface area contributed by atoms with E-state index < -0.39 is 0 Å². The van der Waals surface area contributed by atoms with E-state index in [2.05, 4.69) is 59.4 Å². The van der Waals surface area contributed by atoms with Crippen molar-refractivity contribution in [1.29, 1.82) is 0 Å². The van der Waals surface area contributed by atoms with Gasteiger partial charge in [-0.2, -0.15) is 0 Å². The molecular formula is C17H19BrFN. The minimum atomic E-state index is -0.239. The van der Waals surface area contributed by atoms with Gasteiger partial charge in [0.05, 0.1) is 10.5 Å². The Morgan fingerprint density at radius 1 is 1.15 bits per heavy atom. The van der Waals surface area contributed by atoms with Crippen LogP contribution in [0.2, 0.25) is 0 Å². The van der Waals surface area contributed by atoms with Crippen molar-refractivity contribution in [2.24, 2.45) is 0 Å². The topological polar surface area (TPSA) is 12.0 Å². The third-order valence-electron chi connectivity index (χ3n) is 3.48. The SMILES string of the molecule is CCC(Nc1cc(F)c(Br)cc1C)c1ccc(C)cc1. The number of rotatable bonds is 4. The van der Waals surface area contributed by atoms with Crippen LogP contribution in [0, 0.1) is 19.7 Å². The van der Waals surface area contributed by atoms with E-state index in [0.717, 1.165) is 17.7 Å². The number of hydrogen-bond donors (Lipinski definition) is 1. The number of halogens is 2. The molecular weight excluding hydrogens is 317 g/mol. The first-order chi connectivity index (χ1) is 9.51. The molecule has 1 N–H and O–H groups in total. The normalized spacial score (nSPS) is 12.2. The summed E-state index contributed by atoms with van der Waals surface area (Å²) in [6, 6.07) is 12.0. The molecule has 1 unspecified atom stereocenters. The van der Waals surface area contributed by atoms with Crippen molar-refractivity contribution in [3.05, 3.63) is 63.4 Å². The quantitative estimate of drug-likeness (QED) is 0.747.